The zero-order valence-corrected chi connectivity index (χ0v) is 13.5. The Balaban J connectivity index is 1.49. The number of halogens is 1. The lowest BCUT2D eigenvalue weighted by atomic mass is 9.96. The van der Waals surface area contributed by atoms with E-state index in [4.69, 9.17) is 0 Å². The van der Waals surface area contributed by atoms with Crippen LogP contribution in [0.25, 0.3) is 0 Å². The molecule has 126 valence electrons. The van der Waals surface area contributed by atoms with Crippen molar-refractivity contribution in [3.8, 4) is 0 Å². The van der Waals surface area contributed by atoms with E-state index >= 15 is 0 Å². The average molecular weight is 327 g/mol. The lowest BCUT2D eigenvalue weighted by Crippen LogP contribution is -2.32. The molecule has 1 fully saturated rings. The molecule has 1 amide bonds. The zero-order valence-electron chi connectivity index (χ0n) is 13.5. The van der Waals surface area contributed by atoms with Gasteiger partial charge in [-0.3, -0.25) is 4.79 Å². The molecule has 2 aromatic rings. The van der Waals surface area contributed by atoms with Crippen LogP contribution < -0.4 is 5.32 Å². The van der Waals surface area contributed by atoms with Crippen molar-refractivity contribution in [3.63, 3.8) is 0 Å². The first-order valence-electron chi connectivity index (χ1n) is 8.31. The first-order valence-corrected chi connectivity index (χ1v) is 8.31. The third kappa shape index (κ3) is 4.42. The second-order valence-corrected chi connectivity index (χ2v) is 6.71. The number of aliphatic hydroxyl groups is 1. The molecule has 0 saturated heterocycles. The smallest absolute Gasteiger partial charge is 0.222 e. The van der Waals surface area contributed by atoms with Crippen LogP contribution in [0.5, 0.6) is 0 Å². The van der Waals surface area contributed by atoms with Gasteiger partial charge in [-0.05, 0) is 47.9 Å². The molecule has 2 aromatic carbocycles. The molecule has 2 N–H and O–H groups in total. The number of benzene rings is 2. The highest BCUT2D eigenvalue weighted by molar-refractivity contribution is 5.76. The first-order chi connectivity index (χ1) is 11.6. The molecule has 1 saturated carbocycles. The Labute approximate surface area is 141 Å². The summed E-state index contributed by atoms with van der Waals surface area (Å²) in [7, 11) is 0. The number of carbonyl (C=O) groups is 1. The van der Waals surface area contributed by atoms with Crippen molar-refractivity contribution in [1.29, 1.82) is 0 Å². The second kappa shape index (κ2) is 7.14. The number of nitrogens with one attached hydrogen (secondary N) is 1. The van der Waals surface area contributed by atoms with Crippen LogP contribution in [0.2, 0.25) is 0 Å². The Bertz CT molecular complexity index is 698. The van der Waals surface area contributed by atoms with Gasteiger partial charge in [0.15, 0.2) is 0 Å². The van der Waals surface area contributed by atoms with Crippen LogP contribution >= 0.6 is 0 Å². The van der Waals surface area contributed by atoms with Crippen LogP contribution in [-0.4, -0.2) is 17.6 Å². The van der Waals surface area contributed by atoms with Crippen LogP contribution in [0.15, 0.2) is 54.6 Å². The summed E-state index contributed by atoms with van der Waals surface area (Å²) in [6.07, 6.45) is 2.14. The predicted octanol–water partition coefficient (Wildman–Crippen LogP) is 3.39. The van der Waals surface area contributed by atoms with Gasteiger partial charge in [-0.1, -0.05) is 42.5 Å². The van der Waals surface area contributed by atoms with Gasteiger partial charge < -0.3 is 10.4 Å². The SMILES string of the molecule is O=C(CC(O)c1cccc(F)c1)NCC1(Cc2ccccc2)CC1. The van der Waals surface area contributed by atoms with E-state index in [-0.39, 0.29) is 17.7 Å². The van der Waals surface area contributed by atoms with Crippen LogP contribution in [0.3, 0.4) is 0 Å². The van der Waals surface area contributed by atoms with E-state index in [1.165, 1.54) is 23.8 Å². The van der Waals surface area contributed by atoms with Gasteiger partial charge in [-0.25, -0.2) is 4.39 Å². The van der Waals surface area contributed by atoms with Gasteiger partial charge in [0, 0.05) is 6.54 Å². The molecule has 1 aliphatic carbocycles. The number of rotatable bonds is 7. The van der Waals surface area contributed by atoms with E-state index in [1.807, 2.05) is 18.2 Å². The molecule has 1 aliphatic rings. The van der Waals surface area contributed by atoms with Gasteiger partial charge in [-0.15, -0.1) is 0 Å². The Morgan fingerprint density at radius 2 is 1.92 bits per heavy atom. The summed E-state index contributed by atoms with van der Waals surface area (Å²) in [5, 5.41) is 13.0. The fourth-order valence-electron chi connectivity index (χ4n) is 2.99. The third-order valence-electron chi connectivity index (χ3n) is 4.65. The van der Waals surface area contributed by atoms with Gasteiger partial charge in [0.25, 0.3) is 0 Å². The fourth-order valence-corrected chi connectivity index (χ4v) is 2.99. The highest BCUT2D eigenvalue weighted by Crippen LogP contribution is 2.47. The highest BCUT2D eigenvalue weighted by atomic mass is 19.1. The predicted molar refractivity (Wildman–Crippen MR) is 90.8 cm³/mol. The molecule has 3 nitrogen and oxygen atoms in total. The van der Waals surface area contributed by atoms with Crippen molar-refractivity contribution in [1.82, 2.24) is 5.32 Å². The van der Waals surface area contributed by atoms with E-state index in [0.29, 0.717) is 12.1 Å². The molecule has 3 rings (SSSR count). The van der Waals surface area contributed by atoms with Crippen LogP contribution in [0, 0.1) is 11.2 Å². The number of amides is 1. The van der Waals surface area contributed by atoms with Gasteiger partial charge in [0.2, 0.25) is 5.91 Å². The molecule has 0 bridgehead atoms. The minimum absolute atomic E-state index is 0.0507. The molecule has 0 spiro atoms. The molecule has 0 radical (unpaired) electrons. The molecule has 4 heteroatoms. The topological polar surface area (TPSA) is 49.3 Å². The molecular formula is C20H22FNO2. The third-order valence-corrected chi connectivity index (χ3v) is 4.65. The van der Waals surface area contributed by atoms with Gasteiger partial charge >= 0.3 is 0 Å². The first kappa shape index (κ1) is 16.7. The molecule has 0 aromatic heterocycles. The van der Waals surface area contributed by atoms with Crippen molar-refractivity contribution in [2.45, 2.75) is 31.8 Å². The Morgan fingerprint density at radius 1 is 1.17 bits per heavy atom. The molecule has 0 heterocycles. The van der Waals surface area contributed by atoms with E-state index in [9.17, 15) is 14.3 Å². The van der Waals surface area contributed by atoms with Crippen molar-refractivity contribution < 1.29 is 14.3 Å². The molecular weight excluding hydrogens is 305 g/mol. The van der Waals surface area contributed by atoms with Crippen molar-refractivity contribution in [2.75, 3.05) is 6.54 Å². The van der Waals surface area contributed by atoms with E-state index < -0.39 is 11.9 Å². The van der Waals surface area contributed by atoms with Gasteiger partial charge in [-0.2, -0.15) is 0 Å². The Morgan fingerprint density at radius 3 is 2.58 bits per heavy atom. The summed E-state index contributed by atoms with van der Waals surface area (Å²) in [5.74, 6) is -0.613. The molecule has 24 heavy (non-hydrogen) atoms. The second-order valence-electron chi connectivity index (χ2n) is 6.71. The summed E-state index contributed by atoms with van der Waals surface area (Å²) in [4.78, 5) is 12.1. The van der Waals surface area contributed by atoms with Crippen molar-refractivity contribution in [2.24, 2.45) is 5.41 Å². The maximum absolute atomic E-state index is 13.2. The normalized spacial score (nSPS) is 16.4. The largest absolute Gasteiger partial charge is 0.388 e. The number of hydrogen-bond acceptors (Lipinski definition) is 2. The lowest BCUT2D eigenvalue weighted by molar-refractivity contribution is -0.123. The monoisotopic (exact) mass is 327 g/mol. The summed E-state index contributed by atoms with van der Waals surface area (Å²) >= 11 is 0. The molecule has 0 aliphatic heterocycles. The van der Waals surface area contributed by atoms with Crippen LogP contribution in [0.1, 0.15) is 36.5 Å². The molecule has 1 unspecified atom stereocenters. The van der Waals surface area contributed by atoms with Crippen LogP contribution in [0.4, 0.5) is 4.39 Å². The highest BCUT2D eigenvalue weighted by Gasteiger charge is 2.42. The number of hydrogen-bond donors (Lipinski definition) is 2. The minimum atomic E-state index is -0.982. The number of carbonyl (C=O) groups excluding carboxylic acids is 1. The standard InChI is InChI=1S/C20H22FNO2/c21-17-8-4-7-16(11-17)18(23)12-19(24)22-14-20(9-10-20)13-15-5-2-1-3-6-15/h1-8,11,18,23H,9-10,12-14H2,(H,22,24). The van der Waals surface area contributed by atoms with E-state index in [2.05, 4.69) is 17.4 Å². The van der Waals surface area contributed by atoms with E-state index in [0.717, 1.165) is 19.3 Å². The minimum Gasteiger partial charge on any atom is -0.388 e. The average Bonchev–Trinajstić information content (AvgIpc) is 3.34. The Kier molecular flexibility index (Phi) is 4.95. The lowest BCUT2D eigenvalue weighted by Gasteiger charge is -2.17. The summed E-state index contributed by atoms with van der Waals surface area (Å²) in [6, 6.07) is 16.0. The van der Waals surface area contributed by atoms with Crippen LogP contribution in [-0.2, 0) is 11.2 Å². The molecule has 1 atom stereocenters. The Hall–Kier alpha value is -2.20. The van der Waals surface area contributed by atoms with E-state index in [1.54, 1.807) is 6.07 Å². The number of aliphatic hydroxyl groups excluding tert-OH is 1. The summed E-state index contributed by atoms with van der Waals surface area (Å²) < 4.78 is 13.2. The quantitative estimate of drug-likeness (QED) is 0.819. The zero-order chi connectivity index (χ0) is 17.0. The van der Waals surface area contributed by atoms with Crippen molar-refractivity contribution in [3.05, 3.63) is 71.5 Å². The van der Waals surface area contributed by atoms with Gasteiger partial charge in [0.05, 0.1) is 12.5 Å². The fraction of sp³-hybridized carbons (Fsp3) is 0.350. The van der Waals surface area contributed by atoms with Crippen molar-refractivity contribution >= 4 is 5.91 Å². The summed E-state index contributed by atoms with van der Waals surface area (Å²) in [5.41, 5.74) is 1.86. The maximum Gasteiger partial charge on any atom is 0.222 e. The maximum atomic E-state index is 13.2. The summed E-state index contributed by atoms with van der Waals surface area (Å²) in [6.45, 7) is 0.622. The van der Waals surface area contributed by atoms with Gasteiger partial charge in [0.1, 0.15) is 5.82 Å².